The number of halogens is 3. The fourth-order valence-corrected chi connectivity index (χ4v) is 3.45. The van der Waals surface area contributed by atoms with Gasteiger partial charge in [0.05, 0.1) is 6.42 Å². The van der Waals surface area contributed by atoms with Gasteiger partial charge >= 0.3 is 6.18 Å². The number of alkyl halides is 3. The number of nitrogens with zero attached hydrogens (tertiary/aromatic N) is 1. The van der Waals surface area contributed by atoms with Gasteiger partial charge in [-0.1, -0.05) is 73.9 Å². The van der Waals surface area contributed by atoms with Gasteiger partial charge in [0.2, 0.25) is 11.8 Å². The Morgan fingerprint density at radius 1 is 1.09 bits per heavy atom. The van der Waals surface area contributed by atoms with Gasteiger partial charge in [-0.25, -0.2) is 0 Å². The van der Waals surface area contributed by atoms with Crippen LogP contribution in [-0.2, 0) is 16.0 Å². The van der Waals surface area contributed by atoms with Crippen molar-refractivity contribution in [1.82, 2.24) is 10.2 Å². The molecule has 2 amide bonds. The van der Waals surface area contributed by atoms with Crippen molar-refractivity contribution in [3.8, 4) is 5.75 Å². The first-order valence-electron chi connectivity index (χ1n) is 11.1. The summed E-state index contributed by atoms with van der Waals surface area (Å²) in [7, 11) is 0. The molecule has 0 heterocycles. The summed E-state index contributed by atoms with van der Waals surface area (Å²) < 4.78 is 39.4. The summed E-state index contributed by atoms with van der Waals surface area (Å²) in [5.74, 6) is -1.12. The number of hydrogen-bond acceptors (Lipinski definition) is 3. The van der Waals surface area contributed by atoms with Crippen LogP contribution in [0.3, 0.4) is 0 Å². The van der Waals surface area contributed by atoms with E-state index in [2.05, 4.69) is 18.5 Å². The molecule has 1 atom stereocenters. The summed E-state index contributed by atoms with van der Waals surface area (Å²) >= 11 is 0. The zero-order valence-corrected chi connectivity index (χ0v) is 19.3. The van der Waals surface area contributed by atoms with Crippen LogP contribution in [0.15, 0.2) is 91.6 Å². The first-order valence-corrected chi connectivity index (χ1v) is 11.1. The molecule has 35 heavy (non-hydrogen) atoms. The Morgan fingerprint density at radius 2 is 1.74 bits per heavy atom. The lowest BCUT2D eigenvalue weighted by atomic mass is 10.0. The number of allylic oxidation sites excluding steroid dienone is 2. The van der Waals surface area contributed by atoms with Crippen molar-refractivity contribution in [3.05, 3.63) is 103 Å². The Hall–Kier alpha value is -3.81. The monoisotopic (exact) mass is 488 g/mol. The quantitative estimate of drug-likeness (QED) is 0.387. The maximum absolute atomic E-state index is 13.2. The van der Waals surface area contributed by atoms with E-state index in [1.165, 1.54) is 24.3 Å². The highest BCUT2D eigenvalue weighted by Gasteiger charge is 2.35. The first-order chi connectivity index (χ1) is 16.6. The Balaban J connectivity index is 0.00000648. The summed E-state index contributed by atoms with van der Waals surface area (Å²) in [6.07, 6.45) is -0.904. The average molecular weight is 489 g/mol. The summed E-state index contributed by atoms with van der Waals surface area (Å²) in [6.45, 7) is 6.67. The standard InChI is InChI=1S/C27H29F3N2O3.H2/c1-3-8-20(4-2)19-31-26(35)25(22-9-6-5-7-10-22)32(18-17-27(28,29)30)24(34)16-13-21-11-14-23(33)15-12-21;/h3-12,14-15,25,33H,1-2,13,16-19H2,(H,31,35);1H/b20-8+;. The van der Waals surface area contributed by atoms with Gasteiger partial charge in [0.1, 0.15) is 11.8 Å². The van der Waals surface area contributed by atoms with Crippen LogP contribution in [0.1, 0.15) is 31.4 Å². The fraction of sp³-hybridized carbons (Fsp3) is 0.259. The zero-order valence-electron chi connectivity index (χ0n) is 19.3. The normalized spacial score (nSPS) is 12.5. The first kappa shape index (κ1) is 27.4. The smallest absolute Gasteiger partial charge is 0.390 e. The number of aryl methyl sites for hydroxylation is 1. The number of hydrogen-bond donors (Lipinski definition) is 2. The lowest BCUT2D eigenvalue weighted by molar-refractivity contribution is -0.152. The van der Waals surface area contributed by atoms with E-state index in [-0.39, 0.29) is 26.6 Å². The van der Waals surface area contributed by atoms with Gasteiger partial charge < -0.3 is 15.3 Å². The van der Waals surface area contributed by atoms with E-state index >= 15 is 0 Å². The SMILES string of the molecule is C=C/C=C(\C=C)CNC(=O)C(c1ccccc1)N(CCC(F)(F)F)C(=O)CCc1ccc(O)cc1.[HH]. The predicted molar refractivity (Wildman–Crippen MR) is 132 cm³/mol. The largest absolute Gasteiger partial charge is 0.508 e. The molecule has 0 bridgehead atoms. The molecule has 5 nitrogen and oxygen atoms in total. The van der Waals surface area contributed by atoms with Gasteiger partial charge in [0.25, 0.3) is 0 Å². The molecule has 0 spiro atoms. The number of phenols is 1. The van der Waals surface area contributed by atoms with Crippen molar-refractivity contribution >= 4 is 11.8 Å². The van der Waals surface area contributed by atoms with Crippen molar-refractivity contribution < 1.29 is 29.3 Å². The Morgan fingerprint density at radius 3 is 2.31 bits per heavy atom. The third-order valence-corrected chi connectivity index (χ3v) is 5.26. The number of benzene rings is 2. The highest BCUT2D eigenvalue weighted by Crippen LogP contribution is 2.27. The number of carbonyl (C=O) groups excluding carboxylic acids is 2. The van der Waals surface area contributed by atoms with Crippen molar-refractivity contribution in [2.75, 3.05) is 13.1 Å². The highest BCUT2D eigenvalue weighted by atomic mass is 19.4. The third kappa shape index (κ3) is 9.16. The molecule has 1 unspecified atom stereocenters. The van der Waals surface area contributed by atoms with Crippen molar-refractivity contribution in [1.29, 1.82) is 0 Å². The van der Waals surface area contributed by atoms with Crippen LogP contribution in [-0.4, -0.2) is 41.1 Å². The topological polar surface area (TPSA) is 69.6 Å². The number of rotatable bonds is 12. The van der Waals surface area contributed by atoms with Crippen LogP contribution >= 0.6 is 0 Å². The van der Waals surface area contributed by atoms with Crippen LogP contribution in [0.2, 0.25) is 0 Å². The van der Waals surface area contributed by atoms with Gasteiger partial charge in [0.15, 0.2) is 0 Å². The molecule has 2 aromatic carbocycles. The van der Waals surface area contributed by atoms with E-state index < -0.39 is 37.0 Å². The van der Waals surface area contributed by atoms with Crippen LogP contribution < -0.4 is 5.32 Å². The minimum Gasteiger partial charge on any atom is -0.508 e. The summed E-state index contributed by atoms with van der Waals surface area (Å²) in [5.41, 5.74) is 1.79. The number of carbonyl (C=O) groups is 2. The van der Waals surface area contributed by atoms with Crippen LogP contribution in [0.4, 0.5) is 13.2 Å². The van der Waals surface area contributed by atoms with Crippen LogP contribution in [0.5, 0.6) is 5.75 Å². The zero-order chi connectivity index (χ0) is 25.8. The molecule has 0 aliphatic heterocycles. The molecular formula is C27H31F3N2O3. The Kier molecular flexibility index (Phi) is 10.3. The third-order valence-electron chi connectivity index (χ3n) is 5.26. The van der Waals surface area contributed by atoms with Gasteiger partial charge in [0, 0.05) is 20.9 Å². The summed E-state index contributed by atoms with van der Waals surface area (Å²) in [6, 6.07) is 13.2. The van der Waals surface area contributed by atoms with Gasteiger partial charge in [-0.3, -0.25) is 9.59 Å². The molecule has 0 aliphatic rings. The van der Waals surface area contributed by atoms with E-state index in [0.29, 0.717) is 11.1 Å². The summed E-state index contributed by atoms with van der Waals surface area (Å²) in [4.78, 5) is 27.4. The molecule has 2 rings (SSSR count). The van der Waals surface area contributed by atoms with Crippen LogP contribution in [0.25, 0.3) is 0 Å². The van der Waals surface area contributed by atoms with E-state index in [0.717, 1.165) is 10.5 Å². The number of aromatic hydroxyl groups is 1. The number of nitrogens with one attached hydrogen (secondary N) is 1. The molecule has 0 saturated carbocycles. The number of amides is 2. The molecule has 2 aromatic rings. The predicted octanol–water partition coefficient (Wildman–Crippen LogP) is 5.51. The van der Waals surface area contributed by atoms with Crippen molar-refractivity contribution in [2.45, 2.75) is 31.5 Å². The molecule has 2 N–H and O–H groups in total. The number of phenolic OH excluding ortho intramolecular Hbond substituents is 1. The molecule has 0 saturated heterocycles. The van der Waals surface area contributed by atoms with Crippen LogP contribution in [0, 0.1) is 0 Å². The molecule has 0 aromatic heterocycles. The van der Waals surface area contributed by atoms with Crippen molar-refractivity contribution in [2.24, 2.45) is 0 Å². The molecule has 188 valence electrons. The molecule has 0 fully saturated rings. The minimum absolute atomic E-state index is 0. The van der Waals surface area contributed by atoms with E-state index in [9.17, 15) is 27.9 Å². The molecular weight excluding hydrogens is 457 g/mol. The van der Waals surface area contributed by atoms with Crippen molar-refractivity contribution in [3.63, 3.8) is 0 Å². The Labute approximate surface area is 204 Å². The fourth-order valence-electron chi connectivity index (χ4n) is 3.45. The second-order valence-corrected chi connectivity index (χ2v) is 7.83. The maximum Gasteiger partial charge on any atom is 0.390 e. The lowest BCUT2D eigenvalue weighted by Crippen LogP contribution is -2.45. The van der Waals surface area contributed by atoms with E-state index in [4.69, 9.17) is 0 Å². The van der Waals surface area contributed by atoms with E-state index in [1.54, 1.807) is 48.5 Å². The van der Waals surface area contributed by atoms with Gasteiger partial charge in [-0.2, -0.15) is 13.2 Å². The summed E-state index contributed by atoms with van der Waals surface area (Å²) in [5, 5.41) is 12.1. The maximum atomic E-state index is 13.2. The second-order valence-electron chi connectivity index (χ2n) is 7.83. The minimum atomic E-state index is -4.50. The molecule has 0 aliphatic carbocycles. The van der Waals surface area contributed by atoms with Gasteiger partial charge in [-0.15, -0.1) is 0 Å². The molecule has 8 heteroatoms. The molecule has 0 radical (unpaired) electrons. The lowest BCUT2D eigenvalue weighted by Gasteiger charge is -2.32. The highest BCUT2D eigenvalue weighted by molar-refractivity contribution is 5.89. The van der Waals surface area contributed by atoms with E-state index in [1.807, 2.05) is 0 Å². The second kappa shape index (κ2) is 13.2. The Bertz CT molecular complexity index is 1040. The van der Waals surface area contributed by atoms with Gasteiger partial charge in [-0.05, 0) is 35.3 Å². The average Bonchev–Trinajstić information content (AvgIpc) is 2.83.